The first-order valence-corrected chi connectivity index (χ1v) is 9.97. The van der Waals surface area contributed by atoms with Gasteiger partial charge in [0.15, 0.2) is 0 Å². The van der Waals surface area contributed by atoms with Crippen LogP contribution in [0.25, 0.3) is 0 Å². The van der Waals surface area contributed by atoms with Crippen LogP contribution in [0.5, 0.6) is 0 Å². The van der Waals surface area contributed by atoms with Gasteiger partial charge in [-0.25, -0.2) is 0 Å². The first kappa shape index (κ1) is 20.6. The fraction of sp³-hybridized carbons (Fsp3) is 0.348. The summed E-state index contributed by atoms with van der Waals surface area (Å²) < 4.78 is 0. The molecule has 0 radical (unpaired) electrons. The first-order chi connectivity index (χ1) is 14.0. The predicted octanol–water partition coefficient (Wildman–Crippen LogP) is 2.85. The lowest BCUT2D eigenvalue weighted by atomic mass is 10.1. The van der Waals surface area contributed by atoms with E-state index in [1.54, 1.807) is 29.2 Å². The van der Waals surface area contributed by atoms with Gasteiger partial charge in [-0.15, -0.1) is 0 Å². The van der Waals surface area contributed by atoms with Crippen molar-refractivity contribution >= 4 is 23.4 Å². The molecule has 3 rings (SSSR count). The molecule has 0 spiro atoms. The normalized spacial score (nSPS) is 16.2. The third-order valence-electron chi connectivity index (χ3n) is 5.12. The Hall–Kier alpha value is -3.15. The van der Waals surface area contributed by atoms with E-state index in [0.717, 1.165) is 12.0 Å². The van der Waals surface area contributed by atoms with Gasteiger partial charge in [0.2, 0.25) is 11.8 Å². The number of amides is 3. The van der Waals surface area contributed by atoms with E-state index in [1.807, 2.05) is 44.2 Å². The highest BCUT2D eigenvalue weighted by atomic mass is 16.2. The van der Waals surface area contributed by atoms with Crippen LogP contribution >= 0.6 is 0 Å². The van der Waals surface area contributed by atoms with Gasteiger partial charge in [-0.1, -0.05) is 42.5 Å². The number of carbonyl (C=O) groups excluding carboxylic acids is 3. The largest absolute Gasteiger partial charge is 0.352 e. The van der Waals surface area contributed by atoms with Crippen LogP contribution in [0.3, 0.4) is 0 Å². The van der Waals surface area contributed by atoms with Crippen LogP contribution in [-0.4, -0.2) is 41.8 Å². The Balaban J connectivity index is 1.60. The van der Waals surface area contributed by atoms with Crippen LogP contribution in [0.2, 0.25) is 0 Å². The summed E-state index contributed by atoms with van der Waals surface area (Å²) in [6, 6.07) is 16.9. The Morgan fingerprint density at radius 1 is 1.07 bits per heavy atom. The van der Waals surface area contributed by atoms with E-state index in [-0.39, 0.29) is 30.2 Å². The summed E-state index contributed by atoms with van der Waals surface area (Å²) in [4.78, 5) is 39.1. The van der Waals surface area contributed by atoms with Crippen molar-refractivity contribution in [1.82, 2.24) is 10.2 Å². The Morgan fingerprint density at radius 3 is 2.45 bits per heavy atom. The molecular weight excluding hydrogens is 366 g/mol. The fourth-order valence-corrected chi connectivity index (χ4v) is 3.49. The molecular formula is C23H27N3O3. The number of carbonyl (C=O) groups is 3. The second-order valence-corrected chi connectivity index (χ2v) is 7.57. The monoisotopic (exact) mass is 393 g/mol. The maximum atomic E-state index is 12.7. The summed E-state index contributed by atoms with van der Waals surface area (Å²) in [5.41, 5.74) is 2.03. The molecule has 1 atom stereocenters. The molecule has 29 heavy (non-hydrogen) atoms. The second kappa shape index (κ2) is 9.37. The molecule has 2 aromatic carbocycles. The summed E-state index contributed by atoms with van der Waals surface area (Å²) in [5, 5.41) is 5.75. The smallest absolute Gasteiger partial charge is 0.253 e. The average molecular weight is 393 g/mol. The summed E-state index contributed by atoms with van der Waals surface area (Å²) >= 11 is 0. The molecule has 2 N–H and O–H groups in total. The van der Waals surface area contributed by atoms with Gasteiger partial charge in [-0.05, 0) is 38.0 Å². The van der Waals surface area contributed by atoms with E-state index < -0.39 is 5.92 Å². The van der Waals surface area contributed by atoms with E-state index >= 15 is 0 Å². The molecule has 0 aliphatic carbocycles. The maximum absolute atomic E-state index is 12.7. The van der Waals surface area contributed by atoms with Crippen molar-refractivity contribution in [3.63, 3.8) is 0 Å². The van der Waals surface area contributed by atoms with Gasteiger partial charge in [-0.3, -0.25) is 14.4 Å². The molecule has 0 bridgehead atoms. The number of para-hydroxylation sites is 1. The summed E-state index contributed by atoms with van der Waals surface area (Å²) in [5.74, 6) is -0.875. The highest BCUT2D eigenvalue weighted by molar-refractivity contribution is 6.05. The quantitative estimate of drug-likeness (QED) is 0.759. The summed E-state index contributed by atoms with van der Waals surface area (Å²) in [7, 11) is 0. The Kier molecular flexibility index (Phi) is 6.65. The third-order valence-corrected chi connectivity index (χ3v) is 5.12. The van der Waals surface area contributed by atoms with Crippen molar-refractivity contribution in [2.45, 2.75) is 32.7 Å². The van der Waals surface area contributed by atoms with Crippen molar-refractivity contribution in [3.8, 4) is 0 Å². The van der Waals surface area contributed by atoms with Crippen molar-refractivity contribution in [2.75, 3.05) is 18.4 Å². The molecule has 1 saturated heterocycles. The molecule has 152 valence electrons. The van der Waals surface area contributed by atoms with E-state index in [4.69, 9.17) is 0 Å². The number of nitrogens with one attached hydrogen (secondary N) is 2. The first-order valence-electron chi connectivity index (χ1n) is 9.97. The molecule has 0 saturated carbocycles. The van der Waals surface area contributed by atoms with Crippen molar-refractivity contribution in [3.05, 3.63) is 65.7 Å². The van der Waals surface area contributed by atoms with E-state index in [0.29, 0.717) is 24.3 Å². The van der Waals surface area contributed by atoms with Gasteiger partial charge in [0.05, 0.1) is 17.2 Å². The van der Waals surface area contributed by atoms with E-state index in [1.165, 1.54) is 0 Å². The molecule has 0 aromatic heterocycles. The molecule has 0 unspecified atom stereocenters. The molecule has 1 aliphatic rings. The Labute approximate surface area is 171 Å². The van der Waals surface area contributed by atoms with Gasteiger partial charge in [-0.2, -0.15) is 0 Å². The van der Waals surface area contributed by atoms with Crippen LogP contribution in [0.1, 0.15) is 36.2 Å². The van der Waals surface area contributed by atoms with E-state index in [9.17, 15) is 14.4 Å². The van der Waals surface area contributed by atoms with Crippen molar-refractivity contribution in [2.24, 2.45) is 5.92 Å². The number of hydrogen-bond acceptors (Lipinski definition) is 3. The molecule has 1 fully saturated rings. The number of nitrogens with zero attached hydrogens (tertiary/aromatic N) is 1. The molecule has 2 aromatic rings. The maximum Gasteiger partial charge on any atom is 0.253 e. The van der Waals surface area contributed by atoms with Crippen LogP contribution < -0.4 is 10.6 Å². The summed E-state index contributed by atoms with van der Waals surface area (Å²) in [6.07, 6.45) is 0.936. The minimum atomic E-state index is -0.404. The van der Waals surface area contributed by atoms with Crippen LogP contribution in [-0.2, 0) is 16.0 Å². The zero-order valence-electron chi connectivity index (χ0n) is 16.9. The van der Waals surface area contributed by atoms with Crippen LogP contribution in [0.15, 0.2) is 54.6 Å². The van der Waals surface area contributed by atoms with Crippen molar-refractivity contribution in [1.29, 1.82) is 0 Å². The van der Waals surface area contributed by atoms with E-state index in [2.05, 4.69) is 10.6 Å². The standard InChI is InChI=1S/C23H27N3O3/c1-16(2)26-15-18(14-21(26)27)22(28)25-20-11-7-6-10-19(20)23(29)24-13-12-17-8-4-3-5-9-17/h3-11,16,18H,12-15H2,1-2H3,(H,24,29)(H,25,28)/t18-/m1/s1. The minimum absolute atomic E-state index is 0.00732. The number of anilines is 1. The number of hydrogen-bond donors (Lipinski definition) is 2. The molecule has 6 heteroatoms. The second-order valence-electron chi connectivity index (χ2n) is 7.57. The number of rotatable bonds is 7. The topological polar surface area (TPSA) is 78.5 Å². The van der Waals surface area contributed by atoms with Gasteiger partial charge in [0.25, 0.3) is 5.91 Å². The lowest BCUT2D eigenvalue weighted by molar-refractivity contribution is -0.129. The van der Waals surface area contributed by atoms with Gasteiger partial charge in [0, 0.05) is 25.6 Å². The average Bonchev–Trinajstić information content (AvgIpc) is 3.11. The Morgan fingerprint density at radius 2 is 1.76 bits per heavy atom. The molecule has 1 heterocycles. The number of likely N-dealkylation sites (tertiary alicyclic amines) is 1. The zero-order chi connectivity index (χ0) is 20.8. The molecule has 6 nitrogen and oxygen atoms in total. The zero-order valence-corrected chi connectivity index (χ0v) is 16.9. The third kappa shape index (κ3) is 5.22. The van der Waals surface area contributed by atoms with Crippen molar-refractivity contribution < 1.29 is 14.4 Å². The van der Waals surface area contributed by atoms with Crippen LogP contribution in [0.4, 0.5) is 5.69 Å². The lowest BCUT2D eigenvalue weighted by Crippen LogP contribution is -2.33. The predicted molar refractivity (Wildman–Crippen MR) is 113 cm³/mol. The van der Waals surface area contributed by atoms with Gasteiger partial charge < -0.3 is 15.5 Å². The van der Waals surface area contributed by atoms with Gasteiger partial charge in [0.1, 0.15) is 0 Å². The van der Waals surface area contributed by atoms with Crippen LogP contribution in [0, 0.1) is 5.92 Å². The SMILES string of the molecule is CC(C)N1C[C@H](C(=O)Nc2ccccc2C(=O)NCCc2ccccc2)CC1=O. The molecule has 3 amide bonds. The van der Waals surface area contributed by atoms with Gasteiger partial charge >= 0.3 is 0 Å². The highest BCUT2D eigenvalue weighted by Gasteiger charge is 2.35. The fourth-order valence-electron chi connectivity index (χ4n) is 3.49. The minimum Gasteiger partial charge on any atom is -0.352 e. The summed E-state index contributed by atoms with van der Waals surface area (Å²) in [6.45, 7) is 4.79. The molecule has 1 aliphatic heterocycles. The Bertz CT molecular complexity index is 880. The number of benzene rings is 2. The highest BCUT2D eigenvalue weighted by Crippen LogP contribution is 2.23. The lowest BCUT2D eigenvalue weighted by Gasteiger charge is -2.20.